The highest BCUT2D eigenvalue weighted by Crippen LogP contribution is 2.38. The summed E-state index contributed by atoms with van der Waals surface area (Å²) >= 11 is 0. The summed E-state index contributed by atoms with van der Waals surface area (Å²) in [6.45, 7) is 10.5. The van der Waals surface area contributed by atoms with Gasteiger partial charge >= 0.3 is 0 Å². The van der Waals surface area contributed by atoms with Crippen molar-refractivity contribution in [1.29, 1.82) is 0 Å². The van der Waals surface area contributed by atoms with Gasteiger partial charge in [0.2, 0.25) is 0 Å². The van der Waals surface area contributed by atoms with Crippen molar-refractivity contribution in [2.75, 3.05) is 18.0 Å². The van der Waals surface area contributed by atoms with Crippen LogP contribution in [0.3, 0.4) is 0 Å². The standard InChI is InChI=1S/C16H25FN2/c1-11(18)13-6-5-7-14(17)15(13)19-9-8-12(10-19)16(2,3)4/h5-7,11-12H,8-10,18H2,1-4H3/t11-,12?/m1/s1. The predicted octanol–water partition coefficient (Wildman–Crippen LogP) is 3.72. The van der Waals surface area contributed by atoms with Crippen LogP contribution in [0.5, 0.6) is 0 Å². The molecule has 2 atom stereocenters. The summed E-state index contributed by atoms with van der Waals surface area (Å²) in [5.41, 5.74) is 7.87. The molecule has 0 aliphatic carbocycles. The topological polar surface area (TPSA) is 29.3 Å². The summed E-state index contributed by atoms with van der Waals surface area (Å²) in [5.74, 6) is 0.456. The Morgan fingerprint density at radius 3 is 2.58 bits per heavy atom. The van der Waals surface area contributed by atoms with Gasteiger partial charge in [-0.1, -0.05) is 32.9 Å². The van der Waals surface area contributed by atoms with Gasteiger partial charge in [-0.2, -0.15) is 0 Å². The molecule has 2 rings (SSSR count). The highest BCUT2D eigenvalue weighted by molar-refractivity contribution is 5.56. The number of halogens is 1. The van der Waals surface area contributed by atoms with E-state index < -0.39 is 0 Å². The molecule has 1 aliphatic rings. The van der Waals surface area contributed by atoms with Gasteiger partial charge < -0.3 is 10.6 Å². The Morgan fingerprint density at radius 2 is 2.05 bits per heavy atom. The number of nitrogens with zero attached hydrogens (tertiary/aromatic N) is 1. The molecule has 0 radical (unpaired) electrons. The number of anilines is 1. The second kappa shape index (κ2) is 5.12. The van der Waals surface area contributed by atoms with E-state index in [0.717, 1.165) is 25.1 Å². The normalized spacial score (nSPS) is 21.8. The molecular formula is C16H25FN2. The first-order valence-electron chi connectivity index (χ1n) is 7.09. The molecule has 1 fully saturated rings. The van der Waals surface area contributed by atoms with Crippen LogP contribution in [0.15, 0.2) is 18.2 Å². The van der Waals surface area contributed by atoms with Crippen molar-refractivity contribution < 1.29 is 4.39 Å². The van der Waals surface area contributed by atoms with Crippen molar-refractivity contribution in [1.82, 2.24) is 0 Å². The number of rotatable bonds is 2. The van der Waals surface area contributed by atoms with Gasteiger partial charge in [-0.15, -0.1) is 0 Å². The molecule has 106 valence electrons. The number of benzene rings is 1. The lowest BCUT2D eigenvalue weighted by molar-refractivity contribution is 0.263. The second-order valence-corrected chi connectivity index (χ2v) is 6.76. The molecule has 3 heteroatoms. The van der Waals surface area contributed by atoms with E-state index in [4.69, 9.17) is 5.73 Å². The Hall–Kier alpha value is -1.09. The van der Waals surface area contributed by atoms with Crippen LogP contribution in [0.4, 0.5) is 10.1 Å². The Labute approximate surface area is 115 Å². The molecule has 2 nitrogen and oxygen atoms in total. The molecule has 0 spiro atoms. The van der Waals surface area contributed by atoms with E-state index in [1.807, 2.05) is 13.0 Å². The third kappa shape index (κ3) is 2.92. The van der Waals surface area contributed by atoms with Gasteiger partial charge in [-0.3, -0.25) is 0 Å². The summed E-state index contributed by atoms with van der Waals surface area (Å²) in [5, 5.41) is 0. The first kappa shape index (κ1) is 14.3. The van der Waals surface area contributed by atoms with Crippen molar-refractivity contribution in [3.63, 3.8) is 0 Å². The van der Waals surface area contributed by atoms with Crippen LogP contribution in [-0.2, 0) is 0 Å². The third-order valence-corrected chi connectivity index (χ3v) is 4.24. The zero-order valence-corrected chi connectivity index (χ0v) is 12.4. The Bertz CT molecular complexity index is 449. The SMILES string of the molecule is C[C@@H](N)c1cccc(F)c1N1CCC(C(C)(C)C)C1. The van der Waals surface area contributed by atoms with Crippen LogP contribution >= 0.6 is 0 Å². The van der Waals surface area contributed by atoms with Crippen molar-refractivity contribution in [3.05, 3.63) is 29.6 Å². The molecule has 1 aromatic rings. The fraction of sp³-hybridized carbons (Fsp3) is 0.625. The van der Waals surface area contributed by atoms with E-state index >= 15 is 0 Å². The number of nitrogens with two attached hydrogens (primary N) is 1. The van der Waals surface area contributed by atoms with Gasteiger partial charge in [0, 0.05) is 19.1 Å². The van der Waals surface area contributed by atoms with Crippen molar-refractivity contribution in [2.24, 2.45) is 17.1 Å². The first-order valence-corrected chi connectivity index (χ1v) is 7.09. The number of hydrogen-bond acceptors (Lipinski definition) is 2. The summed E-state index contributed by atoms with van der Waals surface area (Å²) in [6, 6.07) is 5.08. The molecule has 1 heterocycles. The van der Waals surface area contributed by atoms with Crippen LogP contribution in [0.25, 0.3) is 0 Å². The van der Waals surface area contributed by atoms with Gasteiger partial charge in [-0.25, -0.2) is 4.39 Å². The molecular weight excluding hydrogens is 239 g/mol. The molecule has 1 unspecified atom stereocenters. The van der Waals surface area contributed by atoms with Gasteiger partial charge in [-0.05, 0) is 36.3 Å². The Morgan fingerprint density at radius 1 is 1.37 bits per heavy atom. The lowest BCUT2D eigenvalue weighted by Crippen LogP contribution is -2.27. The molecule has 19 heavy (non-hydrogen) atoms. The summed E-state index contributed by atoms with van der Waals surface area (Å²) < 4.78 is 14.2. The highest BCUT2D eigenvalue weighted by atomic mass is 19.1. The molecule has 1 saturated heterocycles. The average Bonchev–Trinajstić information content (AvgIpc) is 2.77. The van der Waals surface area contributed by atoms with Crippen molar-refractivity contribution in [2.45, 2.75) is 40.2 Å². The Balaban J connectivity index is 2.29. The van der Waals surface area contributed by atoms with Gasteiger partial charge in [0.15, 0.2) is 0 Å². The minimum atomic E-state index is -0.149. The first-order chi connectivity index (χ1) is 8.80. The van der Waals surface area contributed by atoms with E-state index in [0.29, 0.717) is 11.6 Å². The molecule has 2 N–H and O–H groups in total. The zero-order chi connectivity index (χ0) is 14.2. The third-order valence-electron chi connectivity index (χ3n) is 4.24. The zero-order valence-electron chi connectivity index (χ0n) is 12.4. The molecule has 0 bridgehead atoms. The lowest BCUT2D eigenvalue weighted by atomic mass is 9.80. The molecule has 0 saturated carbocycles. The number of para-hydroxylation sites is 1. The minimum absolute atomic E-state index is 0.139. The van der Waals surface area contributed by atoms with Crippen LogP contribution < -0.4 is 10.6 Å². The van der Waals surface area contributed by atoms with E-state index in [2.05, 4.69) is 25.7 Å². The van der Waals surface area contributed by atoms with E-state index in [9.17, 15) is 4.39 Å². The quantitative estimate of drug-likeness (QED) is 0.882. The van der Waals surface area contributed by atoms with E-state index in [1.54, 1.807) is 6.07 Å². The van der Waals surface area contributed by atoms with Gasteiger partial charge in [0.25, 0.3) is 0 Å². The molecule has 0 aromatic heterocycles. The van der Waals surface area contributed by atoms with Gasteiger partial charge in [0.05, 0.1) is 5.69 Å². The summed E-state index contributed by atoms with van der Waals surface area (Å²) in [7, 11) is 0. The maximum absolute atomic E-state index is 14.2. The monoisotopic (exact) mass is 264 g/mol. The van der Waals surface area contributed by atoms with Crippen LogP contribution in [0.1, 0.15) is 45.7 Å². The average molecular weight is 264 g/mol. The van der Waals surface area contributed by atoms with Crippen LogP contribution in [0.2, 0.25) is 0 Å². The largest absolute Gasteiger partial charge is 0.369 e. The molecule has 1 aromatic carbocycles. The molecule has 0 amide bonds. The molecule has 1 aliphatic heterocycles. The minimum Gasteiger partial charge on any atom is -0.369 e. The maximum atomic E-state index is 14.2. The predicted molar refractivity (Wildman–Crippen MR) is 78.8 cm³/mol. The fourth-order valence-corrected chi connectivity index (χ4v) is 2.90. The van der Waals surface area contributed by atoms with E-state index in [-0.39, 0.29) is 17.3 Å². The van der Waals surface area contributed by atoms with E-state index in [1.165, 1.54) is 6.07 Å². The Kier molecular flexibility index (Phi) is 3.86. The van der Waals surface area contributed by atoms with Crippen molar-refractivity contribution >= 4 is 5.69 Å². The van der Waals surface area contributed by atoms with Crippen molar-refractivity contribution in [3.8, 4) is 0 Å². The number of hydrogen-bond donors (Lipinski definition) is 1. The summed E-state index contributed by atoms with van der Waals surface area (Å²) in [6.07, 6.45) is 1.12. The second-order valence-electron chi connectivity index (χ2n) is 6.76. The fourth-order valence-electron chi connectivity index (χ4n) is 2.90. The van der Waals surface area contributed by atoms with Crippen LogP contribution in [-0.4, -0.2) is 13.1 Å². The highest BCUT2D eigenvalue weighted by Gasteiger charge is 2.33. The van der Waals surface area contributed by atoms with Gasteiger partial charge in [0.1, 0.15) is 5.82 Å². The lowest BCUT2D eigenvalue weighted by Gasteiger charge is -2.29. The van der Waals surface area contributed by atoms with Crippen LogP contribution in [0, 0.1) is 17.2 Å². The maximum Gasteiger partial charge on any atom is 0.146 e. The summed E-state index contributed by atoms with van der Waals surface area (Å²) in [4.78, 5) is 2.17. The smallest absolute Gasteiger partial charge is 0.146 e.